The lowest BCUT2D eigenvalue weighted by atomic mass is 10.2. The van der Waals surface area contributed by atoms with Crippen LogP contribution in [0.1, 0.15) is 5.56 Å². The average molecular weight is 197 g/mol. The van der Waals surface area contributed by atoms with E-state index in [9.17, 15) is 13.6 Å². The van der Waals surface area contributed by atoms with Crippen LogP contribution in [0, 0.1) is 11.6 Å². The highest BCUT2D eigenvalue weighted by Crippen LogP contribution is 2.09. The maximum absolute atomic E-state index is 12.7. The standard InChI is InChI=1S/C10H7F2O2/c11-9-4-3-8(6-10(9)12)2-1-5-14-7-13/h1-4,6H,5H2. The molecule has 0 fully saturated rings. The summed E-state index contributed by atoms with van der Waals surface area (Å²) in [5.41, 5.74) is 0.499. The Balaban J connectivity index is 2.63. The van der Waals surface area contributed by atoms with E-state index in [1.54, 1.807) is 0 Å². The largest absolute Gasteiger partial charge is 0.453 e. The summed E-state index contributed by atoms with van der Waals surface area (Å²) in [6, 6.07) is 3.50. The van der Waals surface area contributed by atoms with Crippen LogP contribution in [0.3, 0.4) is 0 Å². The predicted octanol–water partition coefficient (Wildman–Crippen LogP) is 2.06. The first-order chi connectivity index (χ1) is 6.74. The molecule has 0 heterocycles. The molecule has 73 valence electrons. The molecule has 0 bridgehead atoms. The smallest absolute Gasteiger partial charge is 0.417 e. The topological polar surface area (TPSA) is 26.3 Å². The van der Waals surface area contributed by atoms with Gasteiger partial charge in [-0.2, -0.15) is 0 Å². The zero-order chi connectivity index (χ0) is 10.4. The number of benzene rings is 1. The fourth-order valence-corrected chi connectivity index (χ4v) is 0.882. The molecule has 0 saturated carbocycles. The van der Waals surface area contributed by atoms with Crippen molar-refractivity contribution in [3.8, 4) is 0 Å². The van der Waals surface area contributed by atoms with E-state index >= 15 is 0 Å². The van der Waals surface area contributed by atoms with Crippen LogP contribution in [-0.4, -0.2) is 13.1 Å². The van der Waals surface area contributed by atoms with Gasteiger partial charge in [0.1, 0.15) is 6.61 Å². The van der Waals surface area contributed by atoms with Gasteiger partial charge in [0.2, 0.25) is 0 Å². The van der Waals surface area contributed by atoms with Gasteiger partial charge in [0.25, 0.3) is 0 Å². The minimum Gasteiger partial charge on any atom is -0.453 e. The van der Waals surface area contributed by atoms with Crippen LogP contribution in [0.15, 0.2) is 24.3 Å². The fourth-order valence-electron chi connectivity index (χ4n) is 0.882. The van der Waals surface area contributed by atoms with Crippen LogP contribution < -0.4 is 0 Å². The Bertz CT molecular complexity index is 348. The lowest BCUT2D eigenvalue weighted by Gasteiger charge is -1.95. The second-order valence-electron chi connectivity index (χ2n) is 2.47. The number of carbonyl (C=O) groups excluding carboxylic acids is 1. The third kappa shape index (κ3) is 2.97. The van der Waals surface area contributed by atoms with E-state index in [-0.39, 0.29) is 6.61 Å². The van der Waals surface area contributed by atoms with E-state index in [2.05, 4.69) is 4.74 Å². The first-order valence-electron chi connectivity index (χ1n) is 3.84. The van der Waals surface area contributed by atoms with E-state index in [0.29, 0.717) is 5.56 Å². The monoisotopic (exact) mass is 197 g/mol. The number of ether oxygens (including phenoxy) is 1. The van der Waals surface area contributed by atoms with Gasteiger partial charge in [0, 0.05) is 0 Å². The fraction of sp³-hybridized carbons (Fsp3) is 0.100. The second-order valence-corrected chi connectivity index (χ2v) is 2.47. The maximum Gasteiger partial charge on any atom is 0.417 e. The first kappa shape index (κ1) is 10.4. The van der Waals surface area contributed by atoms with Gasteiger partial charge in [0.15, 0.2) is 11.6 Å². The zero-order valence-corrected chi connectivity index (χ0v) is 7.17. The van der Waals surface area contributed by atoms with Gasteiger partial charge in [-0.15, -0.1) is 0 Å². The van der Waals surface area contributed by atoms with Crippen LogP contribution >= 0.6 is 0 Å². The van der Waals surface area contributed by atoms with E-state index in [0.717, 1.165) is 12.1 Å². The van der Waals surface area contributed by atoms with Gasteiger partial charge in [0.05, 0.1) is 0 Å². The van der Waals surface area contributed by atoms with Crippen molar-refractivity contribution in [2.75, 3.05) is 6.61 Å². The summed E-state index contributed by atoms with van der Waals surface area (Å²) in [4.78, 5) is 9.62. The van der Waals surface area contributed by atoms with E-state index < -0.39 is 11.6 Å². The number of rotatable bonds is 4. The van der Waals surface area contributed by atoms with Crippen LogP contribution in [0.2, 0.25) is 0 Å². The molecule has 1 aromatic rings. The van der Waals surface area contributed by atoms with Crippen molar-refractivity contribution in [2.24, 2.45) is 0 Å². The van der Waals surface area contributed by atoms with E-state index in [1.165, 1.54) is 24.7 Å². The highest BCUT2D eigenvalue weighted by Gasteiger charge is 1.99. The van der Waals surface area contributed by atoms with E-state index in [4.69, 9.17) is 0 Å². The number of hydrogen-bond acceptors (Lipinski definition) is 2. The quantitative estimate of drug-likeness (QED) is 0.690. The van der Waals surface area contributed by atoms with Gasteiger partial charge in [-0.25, -0.2) is 13.6 Å². The molecule has 0 atom stereocenters. The highest BCUT2D eigenvalue weighted by atomic mass is 19.2. The second kappa shape index (κ2) is 5.11. The number of hydrogen-bond donors (Lipinski definition) is 0. The number of halogens is 2. The summed E-state index contributed by atoms with van der Waals surface area (Å²) in [5, 5.41) is 0. The molecule has 2 nitrogen and oxygen atoms in total. The Morgan fingerprint density at radius 1 is 1.36 bits per heavy atom. The van der Waals surface area contributed by atoms with Gasteiger partial charge in [-0.1, -0.05) is 12.1 Å². The third-order valence-electron chi connectivity index (χ3n) is 1.49. The molecule has 1 rings (SSSR count). The van der Waals surface area contributed by atoms with Crippen LogP contribution in [0.5, 0.6) is 0 Å². The van der Waals surface area contributed by atoms with Gasteiger partial charge < -0.3 is 4.74 Å². The summed E-state index contributed by atoms with van der Waals surface area (Å²) in [5.74, 6) is -1.80. The van der Waals surface area contributed by atoms with Crippen LogP contribution in [0.4, 0.5) is 8.78 Å². The molecule has 0 aromatic heterocycles. The molecule has 0 unspecified atom stereocenters. The first-order valence-corrected chi connectivity index (χ1v) is 3.84. The van der Waals surface area contributed by atoms with Crippen molar-refractivity contribution in [3.63, 3.8) is 0 Å². The molecule has 0 aliphatic rings. The normalized spacial score (nSPS) is 10.4. The molecular formula is C10H7F2O2. The van der Waals surface area contributed by atoms with Crippen molar-refractivity contribution < 1.29 is 18.3 Å². The van der Waals surface area contributed by atoms with Crippen molar-refractivity contribution in [1.29, 1.82) is 0 Å². The van der Waals surface area contributed by atoms with Gasteiger partial charge in [-0.3, -0.25) is 0 Å². The SMILES string of the molecule is O=[C]OCC=Cc1ccc(F)c(F)c1. The Morgan fingerprint density at radius 2 is 2.14 bits per heavy atom. The van der Waals surface area contributed by atoms with Crippen molar-refractivity contribution >= 4 is 12.5 Å². The molecule has 0 spiro atoms. The molecule has 0 aliphatic heterocycles. The van der Waals surface area contributed by atoms with Gasteiger partial charge in [-0.05, 0) is 23.8 Å². The molecule has 0 N–H and O–H groups in total. The van der Waals surface area contributed by atoms with Crippen LogP contribution in [0.25, 0.3) is 6.08 Å². The molecule has 14 heavy (non-hydrogen) atoms. The Morgan fingerprint density at radius 3 is 2.79 bits per heavy atom. The van der Waals surface area contributed by atoms with Crippen LogP contribution in [-0.2, 0) is 9.53 Å². The van der Waals surface area contributed by atoms with Crippen molar-refractivity contribution in [1.82, 2.24) is 0 Å². The zero-order valence-electron chi connectivity index (χ0n) is 7.17. The minimum atomic E-state index is -0.907. The molecule has 0 aliphatic carbocycles. The molecule has 0 amide bonds. The lowest BCUT2D eigenvalue weighted by molar-refractivity contribution is 0.314. The molecule has 1 radical (unpaired) electrons. The Hall–Kier alpha value is -1.71. The Labute approximate surface area is 79.8 Å². The molecule has 1 aromatic carbocycles. The van der Waals surface area contributed by atoms with E-state index in [1.807, 2.05) is 0 Å². The summed E-state index contributed by atoms with van der Waals surface area (Å²) < 4.78 is 29.4. The summed E-state index contributed by atoms with van der Waals surface area (Å²) in [7, 11) is 0. The predicted molar refractivity (Wildman–Crippen MR) is 47.0 cm³/mol. The summed E-state index contributed by atoms with van der Waals surface area (Å²) in [6.07, 6.45) is 3.01. The Kier molecular flexibility index (Phi) is 3.79. The molecule has 0 saturated heterocycles. The molecule has 4 heteroatoms. The minimum absolute atomic E-state index is 0.0580. The van der Waals surface area contributed by atoms with Crippen molar-refractivity contribution in [2.45, 2.75) is 0 Å². The maximum atomic E-state index is 12.7. The summed E-state index contributed by atoms with van der Waals surface area (Å²) in [6.45, 7) is 1.30. The third-order valence-corrected chi connectivity index (χ3v) is 1.49. The summed E-state index contributed by atoms with van der Waals surface area (Å²) >= 11 is 0. The molecular weight excluding hydrogens is 190 g/mol. The lowest BCUT2D eigenvalue weighted by Crippen LogP contribution is -1.86. The highest BCUT2D eigenvalue weighted by molar-refractivity contribution is 5.49. The van der Waals surface area contributed by atoms with Crippen molar-refractivity contribution in [3.05, 3.63) is 41.5 Å². The average Bonchev–Trinajstić information content (AvgIpc) is 2.18. The van der Waals surface area contributed by atoms with Gasteiger partial charge >= 0.3 is 6.47 Å².